The lowest BCUT2D eigenvalue weighted by Crippen LogP contribution is -2.37. The first-order valence-corrected chi connectivity index (χ1v) is 10.2. The Labute approximate surface area is 187 Å². The van der Waals surface area contributed by atoms with Crippen LogP contribution >= 0.6 is 22.9 Å². The molecular formula is C18H14ClN7O5S. The number of imidazole rings is 1. The second-order valence-electron chi connectivity index (χ2n) is 6.74. The van der Waals surface area contributed by atoms with Gasteiger partial charge in [-0.2, -0.15) is 4.98 Å². The van der Waals surface area contributed by atoms with Crippen molar-refractivity contribution in [2.75, 3.05) is 5.32 Å². The van der Waals surface area contributed by atoms with Crippen LogP contribution in [0.5, 0.6) is 0 Å². The van der Waals surface area contributed by atoms with Gasteiger partial charge in [0.1, 0.15) is 6.54 Å². The van der Waals surface area contributed by atoms with Crippen LogP contribution < -0.4 is 16.6 Å². The van der Waals surface area contributed by atoms with Crippen molar-refractivity contribution in [2.45, 2.75) is 6.54 Å². The first kappa shape index (κ1) is 21.4. The molecule has 3 aromatic heterocycles. The Balaban J connectivity index is 1.60. The summed E-state index contributed by atoms with van der Waals surface area (Å²) in [6.07, 6.45) is 0. The van der Waals surface area contributed by atoms with E-state index in [1.54, 1.807) is 17.5 Å². The number of hydrogen-bond donors (Lipinski definition) is 1. The number of halogens is 1. The summed E-state index contributed by atoms with van der Waals surface area (Å²) in [5.41, 5.74) is -0.182. The van der Waals surface area contributed by atoms with Crippen LogP contribution in [0.15, 0.2) is 39.2 Å². The molecule has 0 radical (unpaired) electrons. The van der Waals surface area contributed by atoms with E-state index in [0.29, 0.717) is 11.3 Å². The fourth-order valence-electron chi connectivity index (χ4n) is 3.11. The molecule has 1 aromatic carbocycles. The van der Waals surface area contributed by atoms with Gasteiger partial charge in [-0.1, -0.05) is 12.1 Å². The van der Waals surface area contributed by atoms with Gasteiger partial charge < -0.3 is 5.32 Å². The highest BCUT2D eigenvalue weighted by atomic mass is 35.5. The summed E-state index contributed by atoms with van der Waals surface area (Å²) < 4.78 is 3.28. The normalized spacial score (nSPS) is 11.1. The molecule has 14 heteroatoms. The number of anilines is 1. The number of benzene rings is 1. The quantitative estimate of drug-likeness (QED) is 0.262. The van der Waals surface area contributed by atoms with Crippen molar-refractivity contribution in [1.82, 2.24) is 23.7 Å². The third-order valence-corrected chi connectivity index (χ3v) is 5.75. The maximum atomic E-state index is 12.6. The van der Waals surface area contributed by atoms with E-state index in [2.05, 4.69) is 15.3 Å². The number of nitrogens with zero attached hydrogens (tertiary/aromatic N) is 6. The lowest BCUT2D eigenvalue weighted by atomic mass is 10.1. The molecule has 0 saturated carbocycles. The second kappa shape index (κ2) is 8.01. The standard InChI is InChI=1S/C18H14ClN7O5S/c1-23-14-13(15(28)24(2)18(23)29)25(16(19)22-14)7-12(27)21-17-20-11(8-32-17)9-4-3-5-10(6-9)26(30)31/h3-6,8H,7H2,1-2H3,(H,20,21,27). The van der Waals surface area contributed by atoms with E-state index in [0.717, 1.165) is 15.9 Å². The molecule has 0 aliphatic heterocycles. The fraction of sp³-hybridized carbons (Fsp3) is 0.167. The van der Waals surface area contributed by atoms with Gasteiger partial charge in [0.15, 0.2) is 16.3 Å². The maximum Gasteiger partial charge on any atom is 0.332 e. The fourth-order valence-corrected chi connectivity index (χ4v) is 4.07. The number of nitro benzene ring substituents is 1. The zero-order valence-electron chi connectivity index (χ0n) is 16.6. The van der Waals surface area contributed by atoms with E-state index in [1.165, 1.54) is 35.4 Å². The van der Waals surface area contributed by atoms with Crippen molar-refractivity contribution in [2.24, 2.45) is 14.1 Å². The van der Waals surface area contributed by atoms with Crippen LogP contribution in [0.3, 0.4) is 0 Å². The highest BCUT2D eigenvalue weighted by Gasteiger charge is 2.20. The second-order valence-corrected chi connectivity index (χ2v) is 7.93. The SMILES string of the molecule is Cn1c(=O)c2c(nc(Cl)n2CC(=O)Nc2nc(-c3cccc([N+](=O)[O-])c3)cs2)n(C)c1=O. The third kappa shape index (κ3) is 3.67. The van der Waals surface area contributed by atoms with Crippen molar-refractivity contribution < 1.29 is 9.72 Å². The minimum Gasteiger partial charge on any atom is -0.300 e. The van der Waals surface area contributed by atoms with E-state index < -0.39 is 22.1 Å². The molecule has 0 atom stereocenters. The van der Waals surface area contributed by atoms with Gasteiger partial charge >= 0.3 is 5.69 Å². The van der Waals surface area contributed by atoms with Crippen molar-refractivity contribution in [3.05, 3.63) is 65.9 Å². The number of carbonyl (C=O) groups excluding carboxylic acids is 1. The Hall–Kier alpha value is -3.84. The smallest absolute Gasteiger partial charge is 0.300 e. The minimum atomic E-state index is -0.627. The molecule has 0 bridgehead atoms. The summed E-state index contributed by atoms with van der Waals surface area (Å²) >= 11 is 7.26. The molecule has 32 heavy (non-hydrogen) atoms. The molecule has 4 rings (SSSR count). The third-order valence-electron chi connectivity index (χ3n) is 4.71. The number of nitrogens with one attached hydrogen (secondary N) is 1. The number of fused-ring (bicyclic) bond motifs is 1. The van der Waals surface area contributed by atoms with Gasteiger partial charge in [0.25, 0.3) is 11.2 Å². The van der Waals surface area contributed by atoms with Crippen molar-refractivity contribution in [3.63, 3.8) is 0 Å². The Kier molecular flexibility index (Phi) is 5.36. The van der Waals surface area contributed by atoms with Crippen LogP contribution in [0.25, 0.3) is 22.4 Å². The highest BCUT2D eigenvalue weighted by molar-refractivity contribution is 7.14. The maximum absolute atomic E-state index is 12.6. The molecule has 0 unspecified atom stereocenters. The number of aryl methyl sites for hydroxylation is 1. The van der Waals surface area contributed by atoms with Gasteiger partial charge in [0, 0.05) is 37.2 Å². The van der Waals surface area contributed by atoms with Gasteiger partial charge in [0.05, 0.1) is 10.6 Å². The first-order chi connectivity index (χ1) is 15.2. The molecule has 0 aliphatic rings. The van der Waals surface area contributed by atoms with Gasteiger partial charge in [-0.05, 0) is 11.6 Å². The molecule has 164 valence electrons. The first-order valence-electron chi connectivity index (χ1n) is 8.99. The Bertz CT molecular complexity index is 1520. The number of carbonyl (C=O) groups is 1. The van der Waals surface area contributed by atoms with Gasteiger partial charge in [-0.15, -0.1) is 11.3 Å². The van der Waals surface area contributed by atoms with Crippen molar-refractivity contribution >= 4 is 50.8 Å². The summed E-state index contributed by atoms with van der Waals surface area (Å²) in [7, 11) is 2.77. The van der Waals surface area contributed by atoms with Crippen LogP contribution in [-0.4, -0.2) is 34.5 Å². The summed E-state index contributed by atoms with van der Waals surface area (Å²) in [4.78, 5) is 56.0. The average molecular weight is 476 g/mol. The van der Waals surface area contributed by atoms with Crippen molar-refractivity contribution in [1.29, 1.82) is 0 Å². The molecule has 0 fully saturated rings. The number of nitro groups is 1. The van der Waals surface area contributed by atoms with Crippen molar-refractivity contribution in [3.8, 4) is 11.3 Å². The van der Waals surface area contributed by atoms with Crippen LogP contribution in [0.1, 0.15) is 0 Å². The molecule has 3 heterocycles. The topological polar surface area (TPSA) is 147 Å². The molecular weight excluding hydrogens is 462 g/mol. The van der Waals surface area contributed by atoms with E-state index in [9.17, 15) is 24.5 Å². The monoisotopic (exact) mass is 475 g/mol. The van der Waals surface area contributed by atoms with Gasteiger partial charge in [-0.3, -0.25) is 33.4 Å². The lowest BCUT2D eigenvalue weighted by Gasteiger charge is -2.07. The van der Waals surface area contributed by atoms with Gasteiger partial charge in [0.2, 0.25) is 11.2 Å². The zero-order valence-corrected chi connectivity index (χ0v) is 18.2. The van der Waals surface area contributed by atoms with E-state index in [1.807, 2.05) is 0 Å². The number of aromatic nitrogens is 5. The average Bonchev–Trinajstić information content (AvgIpc) is 3.35. The number of hydrogen-bond acceptors (Lipinski definition) is 8. The molecule has 4 aromatic rings. The van der Waals surface area contributed by atoms with Crippen LogP contribution in [-0.2, 0) is 25.4 Å². The summed E-state index contributed by atoms with van der Waals surface area (Å²) in [5, 5.41) is 15.4. The van der Waals surface area contributed by atoms with Crippen LogP contribution in [0.2, 0.25) is 5.28 Å². The minimum absolute atomic E-state index is 0.0196. The van der Waals surface area contributed by atoms with E-state index in [-0.39, 0.29) is 33.8 Å². The Morgan fingerprint density at radius 1 is 1.25 bits per heavy atom. The van der Waals surface area contributed by atoms with E-state index in [4.69, 9.17) is 11.6 Å². The largest absolute Gasteiger partial charge is 0.332 e. The molecule has 1 amide bonds. The number of rotatable bonds is 5. The summed E-state index contributed by atoms with van der Waals surface area (Å²) in [5.74, 6) is -0.526. The van der Waals surface area contributed by atoms with Gasteiger partial charge in [-0.25, -0.2) is 9.78 Å². The Morgan fingerprint density at radius 2 is 2.00 bits per heavy atom. The highest BCUT2D eigenvalue weighted by Crippen LogP contribution is 2.27. The summed E-state index contributed by atoms with van der Waals surface area (Å²) in [6, 6.07) is 5.98. The predicted molar refractivity (Wildman–Crippen MR) is 118 cm³/mol. The summed E-state index contributed by atoms with van der Waals surface area (Å²) in [6.45, 7) is -0.339. The zero-order chi connectivity index (χ0) is 23.2. The molecule has 12 nitrogen and oxygen atoms in total. The molecule has 0 aliphatic carbocycles. The molecule has 0 spiro atoms. The molecule has 1 N–H and O–H groups in total. The lowest BCUT2D eigenvalue weighted by molar-refractivity contribution is -0.384. The van der Waals surface area contributed by atoms with Crippen LogP contribution in [0, 0.1) is 10.1 Å². The van der Waals surface area contributed by atoms with E-state index >= 15 is 0 Å². The number of thiazole rings is 1. The number of amides is 1. The molecule has 0 saturated heterocycles. The van der Waals surface area contributed by atoms with Crippen LogP contribution in [0.4, 0.5) is 10.8 Å². The Morgan fingerprint density at radius 3 is 2.72 bits per heavy atom. The number of non-ortho nitro benzene ring substituents is 1. The predicted octanol–water partition coefficient (Wildman–Crippen LogP) is 1.76.